The summed E-state index contributed by atoms with van der Waals surface area (Å²) in [7, 11) is 0. The van der Waals surface area contributed by atoms with E-state index >= 15 is 0 Å². The van der Waals surface area contributed by atoms with Crippen molar-refractivity contribution in [1.29, 1.82) is 5.26 Å². The Bertz CT molecular complexity index is 390. The summed E-state index contributed by atoms with van der Waals surface area (Å²) in [4.78, 5) is 0. The molecule has 0 heterocycles. The van der Waals surface area contributed by atoms with Crippen LogP contribution in [0.25, 0.3) is 5.03 Å². The van der Waals surface area contributed by atoms with Crippen molar-refractivity contribution >= 4 is 39.2 Å². The van der Waals surface area contributed by atoms with E-state index in [1.807, 2.05) is 30.3 Å². The predicted molar refractivity (Wildman–Crippen MR) is 63.2 cm³/mol. The summed E-state index contributed by atoms with van der Waals surface area (Å²) in [6.07, 6.45) is 0. The van der Waals surface area contributed by atoms with Crippen LogP contribution in [0.1, 0.15) is 12.5 Å². The van der Waals surface area contributed by atoms with Crippen LogP contribution in [0, 0.1) is 14.9 Å². The molecule has 1 rings (SSSR count). The highest BCUT2D eigenvalue weighted by Gasteiger charge is 2.02. The van der Waals surface area contributed by atoms with Crippen molar-refractivity contribution in [2.24, 2.45) is 0 Å². The summed E-state index contributed by atoms with van der Waals surface area (Å²) >= 11 is 8.19. The first-order valence-corrected chi connectivity index (χ1v) is 5.13. The van der Waals surface area contributed by atoms with Gasteiger partial charge in [-0.15, -0.1) is 0 Å². The van der Waals surface area contributed by atoms with Crippen LogP contribution in [0.4, 0.5) is 0 Å². The van der Waals surface area contributed by atoms with Gasteiger partial charge in [0, 0.05) is 9.14 Å². The Morgan fingerprint density at radius 1 is 1.54 bits per heavy atom. The maximum atomic E-state index is 8.64. The molecule has 0 saturated carbocycles. The molecule has 66 valence electrons. The molecule has 0 saturated heterocycles. The van der Waals surface area contributed by atoms with E-state index in [0.717, 1.165) is 9.13 Å². The molecule has 0 aromatic heterocycles. The minimum absolute atomic E-state index is 0.529. The fourth-order valence-electron chi connectivity index (χ4n) is 0.891. The van der Waals surface area contributed by atoms with Crippen LogP contribution in [0.5, 0.6) is 0 Å². The standard InChI is InChI=1S/C10H7ClIN/c1-7(6-13)10(11)8-3-2-4-9(12)5-8/h2-5H,1H3. The lowest BCUT2D eigenvalue weighted by Crippen LogP contribution is -1.81. The van der Waals surface area contributed by atoms with Gasteiger partial charge >= 0.3 is 0 Å². The Morgan fingerprint density at radius 2 is 2.23 bits per heavy atom. The van der Waals surface area contributed by atoms with Crippen molar-refractivity contribution in [3.05, 3.63) is 39.0 Å². The fourth-order valence-corrected chi connectivity index (χ4v) is 1.59. The maximum Gasteiger partial charge on any atom is 0.0959 e. The number of nitrogens with zero attached hydrogens (tertiary/aromatic N) is 1. The van der Waals surface area contributed by atoms with Gasteiger partial charge < -0.3 is 0 Å². The Labute approximate surface area is 96.2 Å². The average molecular weight is 304 g/mol. The molecule has 0 aliphatic heterocycles. The first kappa shape index (κ1) is 10.6. The molecule has 0 bridgehead atoms. The van der Waals surface area contributed by atoms with E-state index in [0.29, 0.717) is 10.6 Å². The van der Waals surface area contributed by atoms with E-state index in [2.05, 4.69) is 22.6 Å². The molecule has 0 aliphatic carbocycles. The second kappa shape index (κ2) is 4.64. The first-order chi connectivity index (χ1) is 6.15. The maximum absolute atomic E-state index is 8.64. The second-order valence-corrected chi connectivity index (χ2v) is 4.18. The van der Waals surface area contributed by atoms with Crippen LogP contribution in [0.15, 0.2) is 29.8 Å². The number of hydrogen-bond acceptors (Lipinski definition) is 1. The third-order valence-electron chi connectivity index (χ3n) is 1.58. The molecular formula is C10H7ClIN. The molecule has 0 spiro atoms. The smallest absolute Gasteiger partial charge is 0.0959 e. The molecule has 0 atom stereocenters. The third-order valence-corrected chi connectivity index (χ3v) is 2.75. The van der Waals surface area contributed by atoms with Crippen molar-refractivity contribution in [2.75, 3.05) is 0 Å². The topological polar surface area (TPSA) is 23.8 Å². The Morgan fingerprint density at radius 3 is 2.77 bits per heavy atom. The molecule has 0 N–H and O–H groups in total. The quantitative estimate of drug-likeness (QED) is 0.572. The Hall–Kier alpha value is -0.530. The van der Waals surface area contributed by atoms with Gasteiger partial charge in [-0.1, -0.05) is 23.7 Å². The minimum Gasteiger partial charge on any atom is -0.193 e. The molecule has 1 aromatic carbocycles. The normalized spacial score (nSPS) is 11.8. The van der Waals surface area contributed by atoms with Crippen molar-refractivity contribution in [3.8, 4) is 6.07 Å². The molecule has 0 amide bonds. The highest BCUT2D eigenvalue weighted by Crippen LogP contribution is 2.23. The Kier molecular flexibility index (Phi) is 3.76. The summed E-state index contributed by atoms with van der Waals surface area (Å²) < 4.78 is 1.11. The average Bonchev–Trinajstić information content (AvgIpc) is 2.15. The lowest BCUT2D eigenvalue weighted by molar-refractivity contribution is 1.45. The van der Waals surface area contributed by atoms with Gasteiger partial charge in [-0.2, -0.15) is 5.26 Å². The van der Waals surface area contributed by atoms with E-state index in [-0.39, 0.29) is 0 Å². The zero-order chi connectivity index (χ0) is 9.84. The number of benzene rings is 1. The summed E-state index contributed by atoms with van der Waals surface area (Å²) in [6, 6.07) is 9.77. The number of halogens is 2. The van der Waals surface area contributed by atoms with Gasteiger partial charge in [0.1, 0.15) is 0 Å². The van der Waals surface area contributed by atoms with Crippen LogP contribution in [-0.4, -0.2) is 0 Å². The lowest BCUT2D eigenvalue weighted by atomic mass is 10.1. The molecule has 1 aromatic rings. The number of rotatable bonds is 1. The molecule has 1 nitrogen and oxygen atoms in total. The molecule has 0 fully saturated rings. The molecule has 13 heavy (non-hydrogen) atoms. The van der Waals surface area contributed by atoms with Crippen LogP contribution < -0.4 is 0 Å². The van der Waals surface area contributed by atoms with Crippen molar-refractivity contribution < 1.29 is 0 Å². The van der Waals surface area contributed by atoms with E-state index in [1.54, 1.807) is 6.92 Å². The van der Waals surface area contributed by atoms with Gasteiger partial charge in [0.25, 0.3) is 0 Å². The van der Waals surface area contributed by atoms with Crippen molar-refractivity contribution in [3.63, 3.8) is 0 Å². The fraction of sp³-hybridized carbons (Fsp3) is 0.100. The van der Waals surface area contributed by atoms with Gasteiger partial charge in [-0.05, 0) is 47.2 Å². The van der Waals surface area contributed by atoms with Gasteiger partial charge in [-0.3, -0.25) is 0 Å². The summed E-state index contributed by atoms with van der Waals surface area (Å²) in [5, 5.41) is 9.17. The van der Waals surface area contributed by atoms with E-state index in [1.165, 1.54) is 0 Å². The Balaban J connectivity index is 3.18. The highest BCUT2D eigenvalue weighted by atomic mass is 127. The predicted octanol–water partition coefficient (Wildman–Crippen LogP) is 3.78. The number of nitriles is 1. The second-order valence-electron chi connectivity index (χ2n) is 2.56. The van der Waals surface area contributed by atoms with E-state index < -0.39 is 0 Å². The van der Waals surface area contributed by atoms with Crippen LogP contribution in [-0.2, 0) is 0 Å². The largest absolute Gasteiger partial charge is 0.193 e. The zero-order valence-corrected chi connectivity index (χ0v) is 9.93. The summed E-state index contributed by atoms with van der Waals surface area (Å²) in [5.41, 5.74) is 1.44. The molecule has 0 unspecified atom stereocenters. The van der Waals surface area contributed by atoms with Gasteiger partial charge in [0.2, 0.25) is 0 Å². The van der Waals surface area contributed by atoms with Crippen LogP contribution in [0.2, 0.25) is 0 Å². The first-order valence-electron chi connectivity index (χ1n) is 3.67. The summed E-state index contributed by atoms with van der Waals surface area (Å²) in [5.74, 6) is 0. The van der Waals surface area contributed by atoms with E-state index in [4.69, 9.17) is 16.9 Å². The third kappa shape index (κ3) is 2.71. The van der Waals surface area contributed by atoms with E-state index in [9.17, 15) is 0 Å². The van der Waals surface area contributed by atoms with Gasteiger partial charge in [0.05, 0.1) is 11.1 Å². The molecule has 0 radical (unpaired) electrons. The monoisotopic (exact) mass is 303 g/mol. The van der Waals surface area contributed by atoms with Gasteiger partial charge in [-0.25, -0.2) is 0 Å². The number of hydrogen-bond donors (Lipinski definition) is 0. The lowest BCUT2D eigenvalue weighted by Gasteiger charge is -2.00. The van der Waals surface area contributed by atoms with Crippen molar-refractivity contribution in [1.82, 2.24) is 0 Å². The molecular weight excluding hydrogens is 296 g/mol. The zero-order valence-electron chi connectivity index (χ0n) is 7.01. The highest BCUT2D eigenvalue weighted by molar-refractivity contribution is 14.1. The SMILES string of the molecule is CC(C#N)=C(Cl)c1cccc(I)c1. The molecule has 0 aliphatic rings. The van der Waals surface area contributed by atoms with Crippen molar-refractivity contribution in [2.45, 2.75) is 6.92 Å². The minimum atomic E-state index is 0.529. The van der Waals surface area contributed by atoms with Gasteiger partial charge in [0.15, 0.2) is 0 Å². The van der Waals surface area contributed by atoms with Crippen LogP contribution in [0.3, 0.4) is 0 Å². The molecule has 3 heteroatoms. The number of allylic oxidation sites excluding steroid dienone is 1. The summed E-state index contributed by atoms with van der Waals surface area (Å²) in [6.45, 7) is 1.71. The van der Waals surface area contributed by atoms with Crippen LogP contribution >= 0.6 is 34.2 Å².